The molecule has 0 aliphatic heterocycles. The lowest BCUT2D eigenvalue weighted by molar-refractivity contribution is 0.267. The van der Waals surface area contributed by atoms with Crippen LogP contribution in [0, 0.1) is 6.92 Å². The van der Waals surface area contributed by atoms with E-state index in [1.165, 1.54) is 19.3 Å². The minimum absolute atomic E-state index is 0.222. The molecular weight excluding hydrogens is 232 g/mol. The third-order valence-electron chi connectivity index (χ3n) is 3.84. The quantitative estimate of drug-likeness (QED) is 0.806. The number of aromatic nitrogens is 2. The molecule has 3 N–H and O–H groups in total. The maximum atomic E-state index is 5.79. The molecule has 94 valence electrons. The molecule has 0 saturated heterocycles. The van der Waals surface area contributed by atoms with Crippen molar-refractivity contribution in [2.45, 2.75) is 45.1 Å². The Morgan fingerprint density at radius 3 is 2.65 bits per heavy atom. The van der Waals surface area contributed by atoms with Crippen LogP contribution < -0.4 is 11.1 Å². The molecule has 0 amide bonds. The van der Waals surface area contributed by atoms with Gasteiger partial charge in [0.05, 0.1) is 11.3 Å². The van der Waals surface area contributed by atoms with Crippen molar-refractivity contribution in [2.75, 3.05) is 5.32 Å². The van der Waals surface area contributed by atoms with Crippen LogP contribution in [0.15, 0.2) is 0 Å². The van der Waals surface area contributed by atoms with Gasteiger partial charge in [0.1, 0.15) is 10.8 Å². The molecule has 1 aromatic heterocycles. The molecule has 0 spiro atoms. The third kappa shape index (κ3) is 2.04. The fourth-order valence-corrected chi connectivity index (χ4v) is 2.76. The zero-order chi connectivity index (χ0) is 12.6. The van der Waals surface area contributed by atoms with Gasteiger partial charge in [-0.2, -0.15) is 5.10 Å². The average Bonchev–Trinajstić information content (AvgIpc) is 2.47. The molecule has 5 heteroatoms. The van der Waals surface area contributed by atoms with Gasteiger partial charge in [-0.3, -0.25) is 4.68 Å². The van der Waals surface area contributed by atoms with Gasteiger partial charge in [0.25, 0.3) is 0 Å². The molecule has 1 saturated carbocycles. The number of hydrogen-bond acceptors (Lipinski definition) is 3. The first-order valence-corrected chi connectivity index (χ1v) is 6.51. The summed E-state index contributed by atoms with van der Waals surface area (Å²) in [6, 6.07) is 0. The van der Waals surface area contributed by atoms with Gasteiger partial charge in [-0.05, 0) is 32.6 Å². The third-order valence-corrected chi connectivity index (χ3v) is 4.04. The highest BCUT2D eigenvalue weighted by Crippen LogP contribution is 2.38. The Morgan fingerprint density at radius 2 is 2.24 bits per heavy atom. The van der Waals surface area contributed by atoms with Crippen LogP contribution in [-0.2, 0) is 7.05 Å². The van der Waals surface area contributed by atoms with Crippen molar-refractivity contribution in [3.05, 3.63) is 11.3 Å². The molecule has 1 aliphatic rings. The van der Waals surface area contributed by atoms with Gasteiger partial charge in [0.15, 0.2) is 0 Å². The standard InChI is InChI=1S/C12H20N4S/c1-4-12(6-5-7-12)14-11-9(10(13)17)8(2)15-16(11)3/h14H,4-7H2,1-3H3,(H2,13,17). The van der Waals surface area contributed by atoms with E-state index in [0.717, 1.165) is 23.5 Å². The molecule has 4 nitrogen and oxygen atoms in total. The van der Waals surface area contributed by atoms with Gasteiger partial charge >= 0.3 is 0 Å². The van der Waals surface area contributed by atoms with Crippen molar-refractivity contribution in [3.63, 3.8) is 0 Å². The molecule has 1 fully saturated rings. The Kier molecular flexibility index (Phi) is 3.12. The maximum absolute atomic E-state index is 5.79. The van der Waals surface area contributed by atoms with E-state index in [2.05, 4.69) is 17.3 Å². The lowest BCUT2D eigenvalue weighted by Gasteiger charge is -2.42. The predicted molar refractivity (Wildman–Crippen MR) is 74.3 cm³/mol. The van der Waals surface area contributed by atoms with E-state index in [-0.39, 0.29) is 5.54 Å². The zero-order valence-electron chi connectivity index (χ0n) is 10.7. The van der Waals surface area contributed by atoms with Gasteiger partial charge in [-0.25, -0.2) is 0 Å². The molecule has 1 heterocycles. The summed E-state index contributed by atoms with van der Waals surface area (Å²) in [6.45, 7) is 4.16. The fraction of sp³-hybridized carbons (Fsp3) is 0.667. The normalized spacial score (nSPS) is 17.6. The summed E-state index contributed by atoms with van der Waals surface area (Å²) in [7, 11) is 1.93. The van der Waals surface area contributed by atoms with Crippen LogP contribution in [0.3, 0.4) is 0 Å². The van der Waals surface area contributed by atoms with Crippen LogP contribution in [0.1, 0.15) is 43.9 Å². The monoisotopic (exact) mass is 252 g/mol. The van der Waals surface area contributed by atoms with Crippen LogP contribution in [0.25, 0.3) is 0 Å². The molecule has 17 heavy (non-hydrogen) atoms. The van der Waals surface area contributed by atoms with Crippen LogP contribution >= 0.6 is 12.2 Å². The minimum atomic E-state index is 0.222. The number of nitrogens with two attached hydrogens (primary N) is 1. The van der Waals surface area contributed by atoms with E-state index in [1.807, 2.05) is 18.7 Å². The largest absolute Gasteiger partial charge is 0.389 e. The van der Waals surface area contributed by atoms with E-state index >= 15 is 0 Å². The lowest BCUT2D eigenvalue weighted by atomic mass is 9.75. The first kappa shape index (κ1) is 12.4. The highest BCUT2D eigenvalue weighted by molar-refractivity contribution is 7.80. The second kappa shape index (κ2) is 4.29. The molecule has 1 aliphatic carbocycles. The summed E-state index contributed by atoms with van der Waals surface area (Å²) in [5, 5.41) is 8.01. The fourth-order valence-electron chi connectivity index (χ4n) is 2.52. The van der Waals surface area contributed by atoms with Gasteiger partial charge in [-0.1, -0.05) is 19.1 Å². The van der Waals surface area contributed by atoms with Crippen molar-refractivity contribution >= 4 is 23.0 Å². The maximum Gasteiger partial charge on any atom is 0.134 e. The molecule has 2 rings (SSSR count). The molecule has 1 aromatic rings. The van der Waals surface area contributed by atoms with Crippen LogP contribution in [-0.4, -0.2) is 20.3 Å². The van der Waals surface area contributed by atoms with E-state index < -0.39 is 0 Å². The number of rotatable bonds is 4. The van der Waals surface area contributed by atoms with Crippen molar-refractivity contribution in [1.29, 1.82) is 0 Å². The smallest absolute Gasteiger partial charge is 0.134 e. The summed E-state index contributed by atoms with van der Waals surface area (Å²) in [4.78, 5) is 0.420. The highest BCUT2D eigenvalue weighted by atomic mass is 32.1. The topological polar surface area (TPSA) is 55.9 Å². The summed E-state index contributed by atoms with van der Waals surface area (Å²) in [5.74, 6) is 0.969. The van der Waals surface area contributed by atoms with E-state index in [4.69, 9.17) is 18.0 Å². The number of nitrogens with zero attached hydrogens (tertiary/aromatic N) is 2. The first-order valence-electron chi connectivity index (χ1n) is 6.10. The number of nitrogens with one attached hydrogen (secondary N) is 1. The van der Waals surface area contributed by atoms with Crippen molar-refractivity contribution in [1.82, 2.24) is 9.78 Å². The Balaban J connectivity index is 2.35. The van der Waals surface area contributed by atoms with E-state index in [1.54, 1.807) is 0 Å². The Bertz CT molecular complexity index is 440. The van der Waals surface area contributed by atoms with Gasteiger partial charge < -0.3 is 11.1 Å². The average molecular weight is 252 g/mol. The van der Waals surface area contributed by atoms with Gasteiger partial charge in [0, 0.05) is 12.6 Å². The van der Waals surface area contributed by atoms with E-state index in [9.17, 15) is 0 Å². The summed E-state index contributed by atoms with van der Waals surface area (Å²) >= 11 is 5.11. The molecule has 0 bridgehead atoms. The van der Waals surface area contributed by atoms with Crippen molar-refractivity contribution < 1.29 is 0 Å². The van der Waals surface area contributed by atoms with Crippen LogP contribution in [0.5, 0.6) is 0 Å². The number of thiocarbonyl (C=S) groups is 1. The summed E-state index contributed by atoms with van der Waals surface area (Å²) in [6.07, 6.45) is 4.84. The number of anilines is 1. The number of aryl methyl sites for hydroxylation is 2. The molecule has 0 atom stereocenters. The summed E-state index contributed by atoms with van der Waals surface area (Å²) in [5.41, 5.74) is 7.80. The highest BCUT2D eigenvalue weighted by Gasteiger charge is 2.36. The molecule has 0 aromatic carbocycles. The Labute approximate surface area is 108 Å². The van der Waals surface area contributed by atoms with Crippen LogP contribution in [0.2, 0.25) is 0 Å². The second-order valence-corrected chi connectivity index (χ2v) is 5.35. The summed E-state index contributed by atoms with van der Waals surface area (Å²) < 4.78 is 1.85. The number of hydrogen-bond donors (Lipinski definition) is 2. The first-order chi connectivity index (χ1) is 7.99. The van der Waals surface area contributed by atoms with E-state index in [0.29, 0.717) is 4.99 Å². The predicted octanol–water partition coefficient (Wildman–Crippen LogP) is 2.11. The lowest BCUT2D eigenvalue weighted by Crippen LogP contribution is -2.45. The zero-order valence-corrected chi connectivity index (χ0v) is 11.5. The Morgan fingerprint density at radius 1 is 1.59 bits per heavy atom. The van der Waals surface area contributed by atoms with Crippen molar-refractivity contribution in [2.24, 2.45) is 12.8 Å². The molecule has 0 radical (unpaired) electrons. The van der Waals surface area contributed by atoms with Crippen LogP contribution in [0.4, 0.5) is 5.82 Å². The second-order valence-electron chi connectivity index (χ2n) is 4.91. The minimum Gasteiger partial charge on any atom is -0.389 e. The molecular formula is C12H20N4S. The SMILES string of the molecule is CCC1(Nc2c(C(N)=S)c(C)nn2C)CCC1. The van der Waals surface area contributed by atoms with Crippen molar-refractivity contribution in [3.8, 4) is 0 Å². The van der Waals surface area contributed by atoms with Gasteiger partial charge in [-0.15, -0.1) is 0 Å². The molecule has 0 unspecified atom stereocenters. The van der Waals surface area contributed by atoms with Gasteiger partial charge in [0.2, 0.25) is 0 Å². The Hall–Kier alpha value is -1.10.